The van der Waals surface area contributed by atoms with Gasteiger partial charge in [0.1, 0.15) is 5.15 Å². The van der Waals surface area contributed by atoms with Gasteiger partial charge >= 0.3 is 0 Å². The van der Waals surface area contributed by atoms with E-state index in [2.05, 4.69) is 22.2 Å². The number of rotatable bonds is 3. The maximum atomic E-state index is 12.5. The Morgan fingerprint density at radius 2 is 1.96 bits per heavy atom. The van der Waals surface area contributed by atoms with E-state index in [1.165, 1.54) is 11.1 Å². The third-order valence-corrected chi connectivity index (χ3v) is 4.61. The van der Waals surface area contributed by atoms with Crippen molar-refractivity contribution >= 4 is 40.5 Å². The highest BCUT2D eigenvalue weighted by Gasteiger charge is 2.20. The van der Waals surface area contributed by atoms with Gasteiger partial charge < -0.3 is 15.1 Å². The molecule has 2 aromatic rings. The number of pyridine rings is 1. The summed E-state index contributed by atoms with van der Waals surface area (Å²) in [5.74, 6) is -0.234. The number of hydrogen-bond donors (Lipinski definition) is 2. The molecule has 1 fully saturated rings. The molecule has 0 spiro atoms. The summed E-state index contributed by atoms with van der Waals surface area (Å²) in [4.78, 5) is 20.2. The highest BCUT2D eigenvalue weighted by atomic mass is 35.5. The van der Waals surface area contributed by atoms with Crippen molar-refractivity contribution in [2.45, 2.75) is 0 Å². The van der Waals surface area contributed by atoms with Gasteiger partial charge in [0.2, 0.25) is 0 Å². The molecule has 0 aliphatic carbocycles. The van der Waals surface area contributed by atoms with Gasteiger partial charge in [-0.25, -0.2) is 4.98 Å². The number of amides is 1. The number of likely N-dealkylation sites (N-methyl/N-ethyl adjacent to an activating group) is 1. The third-order valence-electron chi connectivity index (χ3n) is 4.15. The molecule has 0 atom stereocenters. The molecule has 24 heavy (non-hydrogen) atoms. The lowest BCUT2D eigenvalue weighted by molar-refractivity contribution is -0.880. The van der Waals surface area contributed by atoms with Crippen molar-refractivity contribution in [2.75, 3.05) is 43.4 Å². The first-order chi connectivity index (χ1) is 11.5. The van der Waals surface area contributed by atoms with E-state index in [4.69, 9.17) is 23.2 Å². The number of carbonyl (C=O) groups excluding carboxylic acids is 1. The Balaban J connectivity index is 1.82. The predicted molar refractivity (Wildman–Crippen MR) is 97.5 cm³/mol. The molecule has 2 heterocycles. The number of nitrogens with one attached hydrogen (secondary N) is 2. The molecule has 0 radical (unpaired) electrons. The van der Waals surface area contributed by atoms with Crippen LogP contribution in [0.5, 0.6) is 0 Å². The average Bonchev–Trinajstić information content (AvgIpc) is 2.57. The lowest BCUT2D eigenvalue weighted by Gasteiger charge is -2.33. The van der Waals surface area contributed by atoms with Gasteiger partial charge in [-0.3, -0.25) is 4.79 Å². The second kappa shape index (κ2) is 7.38. The van der Waals surface area contributed by atoms with Crippen molar-refractivity contribution in [3.63, 3.8) is 0 Å². The molecular formula is C17H19Cl2N4O+. The summed E-state index contributed by atoms with van der Waals surface area (Å²) < 4.78 is 0. The quantitative estimate of drug-likeness (QED) is 0.817. The fraction of sp³-hybridized carbons (Fsp3) is 0.294. The average molecular weight is 366 g/mol. The van der Waals surface area contributed by atoms with E-state index in [1.54, 1.807) is 18.2 Å². The minimum atomic E-state index is -0.234. The molecule has 0 bridgehead atoms. The van der Waals surface area contributed by atoms with Crippen LogP contribution in [-0.2, 0) is 0 Å². The van der Waals surface area contributed by atoms with Crippen molar-refractivity contribution in [3.05, 3.63) is 52.3 Å². The molecule has 1 aliphatic rings. The van der Waals surface area contributed by atoms with Crippen LogP contribution in [0.15, 0.2) is 36.5 Å². The second-order valence-electron chi connectivity index (χ2n) is 5.93. The molecule has 0 unspecified atom stereocenters. The maximum Gasteiger partial charge on any atom is 0.257 e. The molecule has 3 rings (SSSR count). The Labute approximate surface area is 151 Å². The summed E-state index contributed by atoms with van der Waals surface area (Å²) in [6, 6.07) is 8.83. The van der Waals surface area contributed by atoms with Gasteiger partial charge in [-0.05, 0) is 30.3 Å². The molecular weight excluding hydrogens is 347 g/mol. The van der Waals surface area contributed by atoms with Crippen molar-refractivity contribution in [1.29, 1.82) is 0 Å². The molecule has 5 nitrogen and oxygen atoms in total. The fourth-order valence-corrected chi connectivity index (χ4v) is 3.00. The maximum absolute atomic E-state index is 12.5. The molecule has 1 amide bonds. The van der Waals surface area contributed by atoms with Crippen LogP contribution < -0.4 is 15.1 Å². The SMILES string of the molecule is C[NH+]1CCN(c2ccc(Cl)cc2NC(=O)c2ccc(Cl)nc2)CC1. The number of anilines is 2. The molecule has 0 saturated carbocycles. The zero-order chi connectivity index (χ0) is 17.1. The first-order valence-corrected chi connectivity index (χ1v) is 8.57. The monoisotopic (exact) mass is 365 g/mol. The first kappa shape index (κ1) is 17.0. The Morgan fingerprint density at radius 1 is 1.21 bits per heavy atom. The number of piperazine rings is 1. The van der Waals surface area contributed by atoms with Crippen LogP contribution >= 0.6 is 23.2 Å². The van der Waals surface area contributed by atoms with E-state index in [0.29, 0.717) is 21.4 Å². The summed E-state index contributed by atoms with van der Waals surface area (Å²) >= 11 is 11.9. The summed E-state index contributed by atoms with van der Waals surface area (Å²) in [7, 11) is 2.19. The number of hydrogen-bond acceptors (Lipinski definition) is 3. The van der Waals surface area contributed by atoms with Crippen molar-refractivity contribution < 1.29 is 9.69 Å². The van der Waals surface area contributed by atoms with Crippen molar-refractivity contribution in [3.8, 4) is 0 Å². The Bertz CT molecular complexity index is 728. The molecule has 126 valence electrons. The van der Waals surface area contributed by atoms with Crippen LogP contribution in [0.25, 0.3) is 0 Å². The summed E-state index contributed by atoms with van der Waals surface area (Å²) in [6.45, 7) is 4.02. The van der Waals surface area contributed by atoms with Crippen LogP contribution in [0.1, 0.15) is 10.4 Å². The Hall–Kier alpha value is -1.82. The number of aromatic nitrogens is 1. The third kappa shape index (κ3) is 3.98. The zero-order valence-electron chi connectivity index (χ0n) is 13.4. The van der Waals surface area contributed by atoms with E-state index in [1.807, 2.05) is 12.1 Å². The smallest absolute Gasteiger partial charge is 0.257 e. The number of nitrogens with zero attached hydrogens (tertiary/aromatic N) is 2. The second-order valence-corrected chi connectivity index (χ2v) is 6.75. The van der Waals surface area contributed by atoms with Gasteiger partial charge in [-0.15, -0.1) is 0 Å². The van der Waals surface area contributed by atoms with E-state index in [-0.39, 0.29) is 5.91 Å². The van der Waals surface area contributed by atoms with Crippen molar-refractivity contribution in [1.82, 2.24) is 4.98 Å². The fourth-order valence-electron chi connectivity index (χ4n) is 2.72. The van der Waals surface area contributed by atoms with Crippen LogP contribution in [0.4, 0.5) is 11.4 Å². The van der Waals surface area contributed by atoms with E-state index >= 15 is 0 Å². The Morgan fingerprint density at radius 3 is 2.62 bits per heavy atom. The van der Waals surface area contributed by atoms with E-state index < -0.39 is 0 Å². The van der Waals surface area contributed by atoms with Crippen LogP contribution in [0, 0.1) is 0 Å². The van der Waals surface area contributed by atoms with Crippen LogP contribution in [0.3, 0.4) is 0 Å². The van der Waals surface area contributed by atoms with Gasteiger partial charge in [-0.1, -0.05) is 23.2 Å². The minimum absolute atomic E-state index is 0.234. The molecule has 2 N–H and O–H groups in total. The van der Waals surface area contributed by atoms with Gasteiger partial charge in [0, 0.05) is 11.2 Å². The number of carbonyl (C=O) groups is 1. The molecule has 1 aromatic heterocycles. The van der Waals surface area contributed by atoms with E-state index in [0.717, 1.165) is 31.9 Å². The van der Waals surface area contributed by atoms with E-state index in [9.17, 15) is 4.79 Å². The standard InChI is InChI=1S/C17H18Cl2N4O/c1-22-6-8-23(9-7-22)15-4-3-13(18)10-14(15)21-17(24)12-2-5-16(19)20-11-12/h2-5,10-11H,6-9H2,1H3,(H,21,24)/p+1. The number of benzene rings is 1. The van der Waals surface area contributed by atoms with Crippen LogP contribution in [0.2, 0.25) is 10.2 Å². The largest absolute Gasteiger partial charge is 0.359 e. The molecule has 1 aromatic carbocycles. The predicted octanol–water partition coefficient (Wildman–Crippen LogP) is 1.98. The molecule has 1 aliphatic heterocycles. The lowest BCUT2D eigenvalue weighted by Crippen LogP contribution is -3.12. The van der Waals surface area contributed by atoms with Gasteiger partial charge in [-0.2, -0.15) is 0 Å². The van der Waals surface area contributed by atoms with Crippen LogP contribution in [-0.4, -0.2) is 44.1 Å². The highest BCUT2D eigenvalue weighted by Crippen LogP contribution is 2.29. The first-order valence-electron chi connectivity index (χ1n) is 7.81. The summed E-state index contributed by atoms with van der Waals surface area (Å²) in [5, 5.41) is 3.88. The Kier molecular flexibility index (Phi) is 5.23. The zero-order valence-corrected chi connectivity index (χ0v) is 14.9. The normalized spacial score (nSPS) is 15.4. The van der Waals surface area contributed by atoms with Gasteiger partial charge in [0.15, 0.2) is 0 Å². The minimum Gasteiger partial charge on any atom is -0.359 e. The molecule has 7 heteroatoms. The van der Waals surface area contributed by atoms with Gasteiger partial charge in [0.05, 0.1) is 50.2 Å². The number of quaternary nitrogens is 1. The topological polar surface area (TPSA) is 49.7 Å². The van der Waals surface area contributed by atoms with Crippen molar-refractivity contribution in [2.24, 2.45) is 0 Å². The van der Waals surface area contributed by atoms with Gasteiger partial charge in [0.25, 0.3) is 5.91 Å². The summed E-state index contributed by atoms with van der Waals surface area (Å²) in [5.41, 5.74) is 2.15. The number of halogens is 2. The molecule has 1 saturated heterocycles. The summed E-state index contributed by atoms with van der Waals surface area (Å²) in [6.07, 6.45) is 1.46. The highest BCUT2D eigenvalue weighted by molar-refractivity contribution is 6.31. The lowest BCUT2D eigenvalue weighted by atomic mass is 10.2.